The summed E-state index contributed by atoms with van der Waals surface area (Å²) >= 11 is 0. The highest BCUT2D eigenvalue weighted by Gasteiger charge is 2.48. The van der Waals surface area contributed by atoms with Crippen LogP contribution in [0.3, 0.4) is 0 Å². The molecule has 7 rings (SSSR count). The van der Waals surface area contributed by atoms with E-state index in [4.69, 9.17) is 16.1 Å². The molecule has 0 saturated carbocycles. The van der Waals surface area contributed by atoms with E-state index in [9.17, 15) is 18.0 Å². The van der Waals surface area contributed by atoms with Crippen molar-refractivity contribution in [2.75, 3.05) is 44.7 Å². The fourth-order valence-corrected chi connectivity index (χ4v) is 8.04. The van der Waals surface area contributed by atoms with E-state index >= 15 is 4.39 Å². The van der Waals surface area contributed by atoms with E-state index in [1.165, 1.54) is 18.3 Å². The summed E-state index contributed by atoms with van der Waals surface area (Å²) in [7, 11) is 1.82. The number of carbonyl (C=O) groups is 1. The maximum atomic E-state index is 16.9. The average molecular weight is 685 g/mol. The van der Waals surface area contributed by atoms with Gasteiger partial charge in [0.25, 0.3) is 6.08 Å². The Bertz CT molecular complexity index is 2110. The van der Waals surface area contributed by atoms with Crippen molar-refractivity contribution >= 4 is 33.4 Å². The molecule has 2 unspecified atom stereocenters. The number of hydrogen-bond acceptors (Lipinski definition) is 7. The van der Waals surface area contributed by atoms with Crippen LogP contribution in [0.5, 0.6) is 6.01 Å². The van der Waals surface area contributed by atoms with E-state index in [0.717, 1.165) is 12.8 Å². The number of fused-ring (bicyclic) bond motifs is 3. The first-order valence-corrected chi connectivity index (χ1v) is 16.6. The number of carbonyl (C=O) groups excluding carboxylic acids is 1. The number of rotatable bonds is 8. The number of nitrogens with zero attached hydrogens (tertiary/aromatic N) is 6. The predicted octanol–water partition coefficient (Wildman–Crippen LogP) is 6.73. The third kappa shape index (κ3) is 5.63. The molecule has 2 aromatic carbocycles. The second kappa shape index (κ2) is 13.0. The van der Waals surface area contributed by atoms with Crippen molar-refractivity contribution in [1.82, 2.24) is 24.8 Å². The van der Waals surface area contributed by atoms with Gasteiger partial charge < -0.3 is 14.5 Å². The summed E-state index contributed by atoms with van der Waals surface area (Å²) in [5.41, 5.74) is -0.377. The van der Waals surface area contributed by atoms with E-state index in [1.807, 2.05) is 23.8 Å². The van der Waals surface area contributed by atoms with Crippen molar-refractivity contribution in [1.29, 1.82) is 0 Å². The molecule has 0 bridgehead atoms. The lowest BCUT2D eigenvalue weighted by molar-refractivity contribution is -0.126. The number of likely N-dealkylation sites (tertiary alicyclic amines) is 1. The van der Waals surface area contributed by atoms with Crippen molar-refractivity contribution in [2.45, 2.75) is 44.2 Å². The number of hydrogen-bond donors (Lipinski definition) is 0. The highest BCUT2D eigenvalue weighted by atomic mass is 19.3. The third-order valence-corrected chi connectivity index (χ3v) is 10.7. The summed E-state index contributed by atoms with van der Waals surface area (Å²) < 4.78 is 65.2. The molecule has 5 heterocycles. The summed E-state index contributed by atoms with van der Waals surface area (Å²) in [6.45, 7) is 7.57. The van der Waals surface area contributed by atoms with Gasteiger partial charge in [-0.05, 0) is 62.6 Å². The molecule has 0 N–H and O–H groups in total. The SMILES string of the molecule is C#Cc1c(F)ccc2cccc(-c3ncc4c(N(C)C[C@@H]5CCN(C(=O)C=C)C5C)nc(OCC56CCCN5CC(=C(F)F)C6)nc4c3F)c12. The Morgan fingerprint density at radius 2 is 2.04 bits per heavy atom. The molecule has 3 fully saturated rings. The molecule has 1 amide bonds. The number of halogens is 4. The molecule has 258 valence electrons. The van der Waals surface area contributed by atoms with Crippen molar-refractivity contribution < 1.29 is 27.1 Å². The van der Waals surface area contributed by atoms with Crippen LogP contribution in [-0.4, -0.2) is 82.1 Å². The molecular formula is C38H36F4N6O2. The molecule has 0 radical (unpaired) electrons. The summed E-state index contributed by atoms with van der Waals surface area (Å²) in [5.74, 6) is 1.32. The quantitative estimate of drug-likeness (QED) is 0.116. The van der Waals surface area contributed by atoms with Gasteiger partial charge in [-0.2, -0.15) is 18.7 Å². The number of terminal acetylenes is 1. The maximum absolute atomic E-state index is 16.9. The molecule has 8 nitrogen and oxygen atoms in total. The molecule has 2 aromatic heterocycles. The second-order valence-electron chi connectivity index (χ2n) is 13.5. The minimum absolute atomic E-state index is 0.00346. The normalized spacial score (nSPS) is 21.9. The number of aromatic nitrogens is 3. The zero-order valence-electron chi connectivity index (χ0n) is 27.9. The first kappa shape index (κ1) is 33.5. The number of amides is 1. The molecule has 50 heavy (non-hydrogen) atoms. The number of pyridine rings is 1. The summed E-state index contributed by atoms with van der Waals surface area (Å²) in [6, 6.07) is 7.79. The Morgan fingerprint density at radius 1 is 1.22 bits per heavy atom. The highest BCUT2D eigenvalue weighted by molar-refractivity contribution is 6.02. The van der Waals surface area contributed by atoms with Crippen LogP contribution in [-0.2, 0) is 4.79 Å². The average Bonchev–Trinajstić information content (AvgIpc) is 3.79. The summed E-state index contributed by atoms with van der Waals surface area (Å²) in [4.78, 5) is 31.9. The van der Waals surface area contributed by atoms with Crippen LogP contribution in [0.25, 0.3) is 32.9 Å². The minimum atomic E-state index is -1.66. The van der Waals surface area contributed by atoms with Gasteiger partial charge in [-0.15, -0.1) is 6.42 Å². The highest BCUT2D eigenvalue weighted by Crippen LogP contribution is 2.43. The molecule has 3 atom stereocenters. The third-order valence-electron chi connectivity index (χ3n) is 10.7. The van der Waals surface area contributed by atoms with Crippen LogP contribution in [0, 0.1) is 29.9 Å². The van der Waals surface area contributed by atoms with Gasteiger partial charge in [-0.3, -0.25) is 14.7 Å². The van der Waals surface area contributed by atoms with E-state index in [1.54, 1.807) is 29.2 Å². The van der Waals surface area contributed by atoms with Gasteiger partial charge in [-0.1, -0.05) is 36.8 Å². The Morgan fingerprint density at radius 3 is 2.80 bits per heavy atom. The number of ether oxygens (including phenoxy) is 1. The Hall–Kier alpha value is -5.02. The fraction of sp³-hybridized carbons (Fsp3) is 0.368. The number of anilines is 1. The topological polar surface area (TPSA) is 74.7 Å². The lowest BCUT2D eigenvalue weighted by Crippen LogP contribution is -2.43. The van der Waals surface area contributed by atoms with Crippen LogP contribution in [0.1, 0.15) is 38.2 Å². The summed E-state index contributed by atoms with van der Waals surface area (Å²) in [6.07, 6.45) is 9.27. The molecule has 0 aliphatic carbocycles. The lowest BCUT2D eigenvalue weighted by Gasteiger charge is -2.31. The molecule has 4 aromatic rings. The first-order valence-electron chi connectivity index (χ1n) is 16.6. The fourth-order valence-electron chi connectivity index (χ4n) is 8.04. The van der Waals surface area contributed by atoms with Gasteiger partial charge in [0.05, 0.1) is 16.5 Å². The Labute approximate surface area is 287 Å². The second-order valence-corrected chi connectivity index (χ2v) is 13.5. The van der Waals surface area contributed by atoms with Crippen LogP contribution < -0.4 is 9.64 Å². The largest absolute Gasteiger partial charge is 0.461 e. The van der Waals surface area contributed by atoms with Gasteiger partial charge in [0, 0.05) is 55.4 Å². The predicted molar refractivity (Wildman–Crippen MR) is 184 cm³/mol. The molecule has 3 aliphatic rings. The summed E-state index contributed by atoms with van der Waals surface area (Å²) in [5, 5.41) is 1.29. The van der Waals surface area contributed by atoms with Crippen LogP contribution in [0.4, 0.5) is 23.4 Å². The molecule has 3 aliphatic heterocycles. The molecule has 12 heteroatoms. The minimum Gasteiger partial charge on any atom is -0.461 e. The molecule has 3 saturated heterocycles. The van der Waals surface area contributed by atoms with E-state index in [0.29, 0.717) is 53.6 Å². The van der Waals surface area contributed by atoms with Gasteiger partial charge in [-0.25, -0.2) is 8.78 Å². The van der Waals surface area contributed by atoms with Crippen LogP contribution in [0.15, 0.2) is 60.8 Å². The van der Waals surface area contributed by atoms with Crippen molar-refractivity contribution in [2.24, 2.45) is 5.92 Å². The monoisotopic (exact) mass is 684 g/mol. The standard InChI is InChI=1S/C38H36F4N6O2/c1-5-26-29(39)12-11-23-9-7-10-27(31(23)26)33-32(40)34-28(18-43-33)36(46(4)19-24-13-16-48(22(24)3)30(49)6-2)45-37(44-34)50-21-38-14-8-15-47(38)20-25(17-38)35(41)42/h1,6-7,9-12,18,22,24H,2,8,13-17,19-21H2,3-4H3/t22?,24-,38?/m0/s1. The zero-order chi connectivity index (χ0) is 35.3. The maximum Gasteiger partial charge on any atom is 0.319 e. The van der Waals surface area contributed by atoms with Crippen molar-refractivity contribution in [3.05, 3.63) is 78.0 Å². The van der Waals surface area contributed by atoms with E-state index < -0.39 is 23.3 Å². The molecular weight excluding hydrogens is 648 g/mol. The zero-order valence-corrected chi connectivity index (χ0v) is 27.9. The van der Waals surface area contributed by atoms with Gasteiger partial charge >= 0.3 is 6.01 Å². The van der Waals surface area contributed by atoms with Gasteiger partial charge in [0.1, 0.15) is 29.5 Å². The Balaban J connectivity index is 1.31. The number of benzene rings is 2. The van der Waals surface area contributed by atoms with Crippen LogP contribution >= 0.6 is 0 Å². The van der Waals surface area contributed by atoms with E-state index in [-0.39, 0.29) is 65.8 Å². The van der Waals surface area contributed by atoms with Crippen molar-refractivity contribution in [3.8, 4) is 29.6 Å². The Kier molecular flexibility index (Phi) is 8.72. The first-order chi connectivity index (χ1) is 24.0. The van der Waals surface area contributed by atoms with Gasteiger partial charge in [0.15, 0.2) is 5.82 Å². The van der Waals surface area contributed by atoms with Gasteiger partial charge in [0.2, 0.25) is 5.91 Å². The smallest absolute Gasteiger partial charge is 0.319 e. The lowest BCUT2D eigenvalue weighted by atomic mass is 9.94. The molecule has 0 spiro atoms. The van der Waals surface area contributed by atoms with Crippen molar-refractivity contribution in [3.63, 3.8) is 0 Å². The van der Waals surface area contributed by atoms with Crippen LogP contribution in [0.2, 0.25) is 0 Å². The van der Waals surface area contributed by atoms with E-state index in [2.05, 4.69) is 22.5 Å².